The van der Waals surface area contributed by atoms with E-state index in [9.17, 15) is 14.7 Å². The standard InChI is InChI=1S/C21H23NO4/c1-15-18(21(24)25)11-12-22(15)20(23)14-26-19-10-6-5-9-17(19)13-16-7-3-2-4-8-16/h2-10,15,18H,11-14H2,1H3,(H,24,25). The summed E-state index contributed by atoms with van der Waals surface area (Å²) in [4.78, 5) is 25.3. The van der Waals surface area contributed by atoms with E-state index < -0.39 is 11.9 Å². The summed E-state index contributed by atoms with van der Waals surface area (Å²) in [6, 6.07) is 17.5. The fraction of sp³-hybridized carbons (Fsp3) is 0.333. The number of carboxylic acid groups (broad SMARTS) is 1. The fourth-order valence-electron chi connectivity index (χ4n) is 3.45. The molecule has 1 heterocycles. The zero-order chi connectivity index (χ0) is 18.5. The summed E-state index contributed by atoms with van der Waals surface area (Å²) in [5, 5.41) is 9.20. The number of hydrogen-bond acceptors (Lipinski definition) is 3. The van der Waals surface area contributed by atoms with Crippen LogP contribution in [0.2, 0.25) is 0 Å². The molecule has 1 aliphatic heterocycles. The van der Waals surface area contributed by atoms with Crippen molar-refractivity contribution in [2.75, 3.05) is 13.2 Å². The van der Waals surface area contributed by atoms with Gasteiger partial charge in [0.25, 0.3) is 5.91 Å². The molecule has 5 nitrogen and oxygen atoms in total. The Bertz CT molecular complexity index is 775. The summed E-state index contributed by atoms with van der Waals surface area (Å²) in [5.41, 5.74) is 2.19. The third kappa shape index (κ3) is 4.04. The molecular formula is C21H23NO4. The Morgan fingerprint density at radius 3 is 2.50 bits per heavy atom. The average molecular weight is 353 g/mol. The van der Waals surface area contributed by atoms with Gasteiger partial charge in [0, 0.05) is 19.0 Å². The van der Waals surface area contributed by atoms with Gasteiger partial charge in [-0.15, -0.1) is 0 Å². The fourth-order valence-corrected chi connectivity index (χ4v) is 3.45. The second-order valence-corrected chi connectivity index (χ2v) is 6.62. The Morgan fingerprint density at radius 1 is 1.12 bits per heavy atom. The topological polar surface area (TPSA) is 66.8 Å². The van der Waals surface area contributed by atoms with Crippen molar-refractivity contribution in [3.8, 4) is 5.75 Å². The van der Waals surface area contributed by atoms with Crippen LogP contribution in [0, 0.1) is 5.92 Å². The van der Waals surface area contributed by atoms with Crippen LogP contribution in [0.3, 0.4) is 0 Å². The number of para-hydroxylation sites is 1. The van der Waals surface area contributed by atoms with Crippen LogP contribution in [0.5, 0.6) is 5.75 Å². The van der Waals surface area contributed by atoms with Crippen LogP contribution in [0.1, 0.15) is 24.5 Å². The van der Waals surface area contributed by atoms with Crippen LogP contribution < -0.4 is 4.74 Å². The third-order valence-corrected chi connectivity index (χ3v) is 4.95. The van der Waals surface area contributed by atoms with Gasteiger partial charge in [-0.1, -0.05) is 48.5 Å². The van der Waals surface area contributed by atoms with E-state index in [-0.39, 0.29) is 18.6 Å². The smallest absolute Gasteiger partial charge is 0.308 e. The van der Waals surface area contributed by atoms with Gasteiger partial charge < -0.3 is 14.7 Å². The Hall–Kier alpha value is -2.82. The molecule has 2 aromatic carbocycles. The summed E-state index contributed by atoms with van der Waals surface area (Å²) < 4.78 is 5.79. The summed E-state index contributed by atoms with van der Waals surface area (Å²) in [7, 11) is 0. The first kappa shape index (κ1) is 18.0. The SMILES string of the molecule is CC1C(C(=O)O)CCN1C(=O)COc1ccccc1Cc1ccccc1. The maximum atomic E-state index is 12.5. The predicted molar refractivity (Wildman–Crippen MR) is 98.1 cm³/mol. The highest BCUT2D eigenvalue weighted by Crippen LogP contribution is 2.25. The van der Waals surface area contributed by atoms with Gasteiger partial charge in [-0.3, -0.25) is 9.59 Å². The van der Waals surface area contributed by atoms with E-state index in [1.165, 1.54) is 5.56 Å². The second kappa shape index (κ2) is 8.04. The number of carbonyl (C=O) groups excluding carboxylic acids is 1. The molecule has 1 N–H and O–H groups in total. The number of ether oxygens (including phenoxy) is 1. The molecule has 26 heavy (non-hydrogen) atoms. The molecule has 136 valence electrons. The van der Waals surface area contributed by atoms with E-state index in [1.807, 2.05) is 42.5 Å². The van der Waals surface area contributed by atoms with Crippen molar-refractivity contribution in [1.29, 1.82) is 0 Å². The number of carbonyl (C=O) groups is 2. The molecule has 2 unspecified atom stereocenters. The average Bonchev–Trinajstić information content (AvgIpc) is 3.03. The van der Waals surface area contributed by atoms with E-state index in [0.29, 0.717) is 18.7 Å². The molecule has 1 amide bonds. The van der Waals surface area contributed by atoms with Crippen LogP contribution >= 0.6 is 0 Å². The van der Waals surface area contributed by atoms with Gasteiger partial charge in [0.2, 0.25) is 0 Å². The summed E-state index contributed by atoms with van der Waals surface area (Å²) in [6.07, 6.45) is 1.22. The van der Waals surface area contributed by atoms with Crippen LogP contribution in [0.25, 0.3) is 0 Å². The van der Waals surface area contributed by atoms with Crippen molar-refractivity contribution < 1.29 is 19.4 Å². The van der Waals surface area contributed by atoms with Crippen molar-refractivity contribution in [3.63, 3.8) is 0 Å². The molecule has 1 aliphatic rings. The first-order valence-corrected chi connectivity index (χ1v) is 8.83. The van der Waals surface area contributed by atoms with Gasteiger partial charge in [-0.2, -0.15) is 0 Å². The van der Waals surface area contributed by atoms with E-state index in [2.05, 4.69) is 12.1 Å². The van der Waals surface area contributed by atoms with Crippen molar-refractivity contribution in [2.24, 2.45) is 5.92 Å². The lowest BCUT2D eigenvalue weighted by atomic mass is 10.0. The molecule has 0 bridgehead atoms. The largest absolute Gasteiger partial charge is 0.483 e. The minimum Gasteiger partial charge on any atom is -0.483 e. The predicted octanol–water partition coefficient (Wildman–Crippen LogP) is 2.98. The zero-order valence-electron chi connectivity index (χ0n) is 14.8. The number of carboxylic acids is 1. The lowest BCUT2D eigenvalue weighted by molar-refractivity contribution is -0.143. The molecule has 1 fully saturated rings. The van der Waals surface area contributed by atoms with Crippen molar-refractivity contribution in [1.82, 2.24) is 4.90 Å². The highest BCUT2D eigenvalue weighted by atomic mass is 16.5. The van der Waals surface area contributed by atoms with E-state index in [0.717, 1.165) is 12.0 Å². The maximum absolute atomic E-state index is 12.5. The molecule has 0 aromatic heterocycles. The molecule has 2 atom stereocenters. The molecule has 3 rings (SSSR count). The number of amides is 1. The highest BCUT2D eigenvalue weighted by molar-refractivity contribution is 5.80. The minimum atomic E-state index is -0.845. The van der Waals surface area contributed by atoms with E-state index in [4.69, 9.17) is 4.74 Å². The quantitative estimate of drug-likeness (QED) is 0.867. The summed E-state index contributed by atoms with van der Waals surface area (Å²) in [5.74, 6) is -0.826. The lowest BCUT2D eigenvalue weighted by Crippen LogP contribution is -2.40. The highest BCUT2D eigenvalue weighted by Gasteiger charge is 2.38. The first-order valence-electron chi connectivity index (χ1n) is 8.83. The Balaban J connectivity index is 1.63. The molecule has 5 heteroatoms. The number of likely N-dealkylation sites (tertiary alicyclic amines) is 1. The van der Waals surface area contributed by atoms with Gasteiger partial charge in [0.05, 0.1) is 5.92 Å². The van der Waals surface area contributed by atoms with Gasteiger partial charge in [-0.05, 0) is 30.5 Å². The molecular weight excluding hydrogens is 330 g/mol. The Kier molecular flexibility index (Phi) is 5.56. The maximum Gasteiger partial charge on any atom is 0.308 e. The molecule has 0 saturated carbocycles. The summed E-state index contributed by atoms with van der Waals surface area (Å²) in [6.45, 7) is 2.17. The monoisotopic (exact) mass is 353 g/mol. The van der Waals surface area contributed by atoms with E-state index in [1.54, 1.807) is 11.8 Å². The van der Waals surface area contributed by atoms with Crippen LogP contribution in [-0.2, 0) is 16.0 Å². The van der Waals surface area contributed by atoms with Crippen molar-refractivity contribution in [3.05, 3.63) is 65.7 Å². The normalized spacial score (nSPS) is 19.3. The number of nitrogens with zero attached hydrogens (tertiary/aromatic N) is 1. The van der Waals surface area contributed by atoms with Crippen molar-refractivity contribution in [2.45, 2.75) is 25.8 Å². The van der Waals surface area contributed by atoms with Crippen LogP contribution in [-0.4, -0.2) is 41.1 Å². The first-order chi connectivity index (χ1) is 12.6. The second-order valence-electron chi connectivity index (χ2n) is 6.62. The molecule has 0 spiro atoms. The minimum absolute atomic E-state index is 0.0809. The van der Waals surface area contributed by atoms with Crippen molar-refractivity contribution >= 4 is 11.9 Å². The van der Waals surface area contributed by atoms with Gasteiger partial charge >= 0.3 is 5.97 Å². The van der Waals surface area contributed by atoms with Gasteiger partial charge in [-0.25, -0.2) is 0 Å². The van der Waals surface area contributed by atoms with Gasteiger partial charge in [0.15, 0.2) is 6.61 Å². The molecule has 1 saturated heterocycles. The lowest BCUT2D eigenvalue weighted by Gasteiger charge is -2.23. The van der Waals surface area contributed by atoms with Crippen LogP contribution in [0.4, 0.5) is 0 Å². The Labute approximate surface area is 153 Å². The number of rotatable bonds is 6. The number of hydrogen-bond donors (Lipinski definition) is 1. The zero-order valence-corrected chi connectivity index (χ0v) is 14.8. The molecule has 0 aliphatic carbocycles. The molecule has 2 aromatic rings. The third-order valence-electron chi connectivity index (χ3n) is 4.95. The van der Waals surface area contributed by atoms with E-state index >= 15 is 0 Å². The van der Waals surface area contributed by atoms with Gasteiger partial charge in [0.1, 0.15) is 5.75 Å². The van der Waals surface area contributed by atoms with Crippen LogP contribution in [0.15, 0.2) is 54.6 Å². The molecule has 0 radical (unpaired) electrons. The Morgan fingerprint density at radius 2 is 1.81 bits per heavy atom. The number of benzene rings is 2. The summed E-state index contributed by atoms with van der Waals surface area (Å²) >= 11 is 0. The number of aliphatic carboxylic acids is 1.